The van der Waals surface area contributed by atoms with Crippen molar-refractivity contribution >= 4 is 5.91 Å². The molecule has 2 aromatic rings. The van der Waals surface area contributed by atoms with Gasteiger partial charge in [0.05, 0.1) is 12.3 Å². The van der Waals surface area contributed by atoms with Gasteiger partial charge in [0, 0.05) is 43.6 Å². The molecule has 0 atom stereocenters. The van der Waals surface area contributed by atoms with Crippen LogP contribution in [-0.2, 0) is 30.8 Å². The van der Waals surface area contributed by atoms with Crippen molar-refractivity contribution < 1.29 is 9.90 Å². The number of carbonyl (C=O) groups is 1. The number of amides is 1. The Morgan fingerprint density at radius 3 is 3.10 bits per heavy atom. The highest BCUT2D eigenvalue weighted by Gasteiger charge is 2.24. The molecule has 1 aliphatic rings. The zero-order valence-corrected chi connectivity index (χ0v) is 11.7. The second-order valence-corrected chi connectivity index (χ2v) is 5.14. The molecule has 0 aliphatic carbocycles. The van der Waals surface area contributed by atoms with Crippen LogP contribution in [0.3, 0.4) is 0 Å². The maximum Gasteiger partial charge on any atom is 0.222 e. The van der Waals surface area contributed by atoms with Crippen molar-refractivity contribution in [3.05, 3.63) is 29.1 Å². The second-order valence-electron chi connectivity index (χ2n) is 5.14. The van der Waals surface area contributed by atoms with Crippen LogP contribution in [0, 0.1) is 0 Å². The lowest BCUT2D eigenvalue weighted by Gasteiger charge is -2.27. The molecule has 0 saturated carbocycles. The van der Waals surface area contributed by atoms with Gasteiger partial charge in [0.2, 0.25) is 5.91 Å². The summed E-state index contributed by atoms with van der Waals surface area (Å²) in [5.74, 6) is 0.936. The summed E-state index contributed by atoms with van der Waals surface area (Å²) < 4.78 is 0. The molecule has 0 radical (unpaired) electrons. The predicted molar refractivity (Wildman–Crippen MR) is 73.0 cm³/mol. The lowest BCUT2D eigenvalue weighted by Crippen LogP contribution is -2.36. The summed E-state index contributed by atoms with van der Waals surface area (Å²) in [6, 6.07) is 0. The number of nitrogens with one attached hydrogen (secondary N) is 2. The highest BCUT2D eigenvalue weighted by molar-refractivity contribution is 5.76. The van der Waals surface area contributed by atoms with Crippen molar-refractivity contribution in [3.63, 3.8) is 0 Å². The minimum Gasteiger partial charge on any atom is -0.390 e. The van der Waals surface area contributed by atoms with Crippen LogP contribution in [0.25, 0.3) is 0 Å². The van der Waals surface area contributed by atoms with E-state index in [0.29, 0.717) is 25.2 Å². The average Bonchev–Trinajstić information content (AvgIpc) is 3.15. The van der Waals surface area contributed by atoms with Gasteiger partial charge in [0.25, 0.3) is 0 Å². The standard InChI is InChI=1S/C13H18N6O2/c20-7-11-9-6-19(5-4-10(9)16-17-11)13(21)3-1-2-12-14-8-15-18-12/h8,20H,1-7H2,(H,16,17)(H,14,15,18). The molecule has 0 unspecified atom stereocenters. The van der Waals surface area contributed by atoms with Gasteiger partial charge in [-0.25, -0.2) is 4.98 Å². The lowest BCUT2D eigenvalue weighted by molar-refractivity contribution is -0.132. The Morgan fingerprint density at radius 1 is 1.43 bits per heavy atom. The zero-order valence-electron chi connectivity index (χ0n) is 11.7. The number of hydrogen-bond donors (Lipinski definition) is 3. The van der Waals surface area contributed by atoms with Crippen molar-refractivity contribution in [1.29, 1.82) is 0 Å². The maximum atomic E-state index is 12.2. The molecular weight excluding hydrogens is 272 g/mol. The molecule has 21 heavy (non-hydrogen) atoms. The van der Waals surface area contributed by atoms with Gasteiger partial charge in [0.15, 0.2) is 0 Å². The Balaban J connectivity index is 1.54. The Labute approximate surface area is 121 Å². The van der Waals surface area contributed by atoms with Crippen LogP contribution in [-0.4, -0.2) is 47.8 Å². The molecule has 0 aromatic carbocycles. The number of rotatable bonds is 5. The summed E-state index contributed by atoms with van der Waals surface area (Å²) in [5.41, 5.74) is 2.64. The third-order valence-corrected chi connectivity index (χ3v) is 3.79. The molecule has 0 spiro atoms. The number of carbonyl (C=O) groups excluding carboxylic acids is 1. The first-order valence-electron chi connectivity index (χ1n) is 7.06. The van der Waals surface area contributed by atoms with Gasteiger partial charge in [-0.15, -0.1) is 0 Å². The summed E-state index contributed by atoms with van der Waals surface area (Å²) in [5, 5.41) is 22.8. The SMILES string of the molecule is O=C(CCCc1ncn[nH]1)N1CCc2[nH]nc(CO)c2C1. The Hall–Kier alpha value is -2.22. The Morgan fingerprint density at radius 2 is 2.33 bits per heavy atom. The van der Waals surface area contributed by atoms with Gasteiger partial charge in [-0.1, -0.05) is 0 Å². The molecule has 3 N–H and O–H groups in total. The van der Waals surface area contributed by atoms with Crippen molar-refractivity contribution in [3.8, 4) is 0 Å². The number of H-pyrrole nitrogens is 2. The smallest absolute Gasteiger partial charge is 0.222 e. The lowest BCUT2D eigenvalue weighted by atomic mass is 10.0. The van der Waals surface area contributed by atoms with Crippen LogP contribution in [0.1, 0.15) is 35.6 Å². The largest absolute Gasteiger partial charge is 0.390 e. The summed E-state index contributed by atoms with van der Waals surface area (Å²) >= 11 is 0. The number of fused-ring (bicyclic) bond motifs is 1. The first kappa shape index (κ1) is 13.7. The number of aromatic nitrogens is 5. The van der Waals surface area contributed by atoms with Crippen LogP contribution in [0.15, 0.2) is 6.33 Å². The number of aromatic amines is 2. The Kier molecular flexibility index (Phi) is 3.96. The molecule has 0 fully saturated rings. The molecule has 1 amide bonds. The number of aliphatic hydroxyl groups is 1. The van der Waals surface area contributed by atoms with E-state index >= 15 is 0 Å². The quantitative estimate of drug-likeness (QED) is 0.713. The minimum absolute atomic E-state index is 0.0979. The van der Waals surface area contributed by atoms with Gasteiger partial charge >= 0.3 is 0 Å². The van der Waals surface area contributed by atoms with Gasteiger partial charge in [-0.2, -0.15) is 10.2 Å². The van der Waals surface area contributed by atoms with E-state index in [1.807, 2.05) is 4.90 Å². The third kappa shape index (κ3) is 2.94. The normalized spacial score (nSPS) is 14.2. The number of hydrogen-bond acceptors (Lipinski definition) is 5. The molecule has 2 aromatic heterocycles. The fourth-order valence-corrected chi connectivity index (χ4v) is 2.61. The fraction of sp³-hybridized carbons (Fsp3) is 0.538. The monoisotopic (exact) mass is 290 g/mol. The highest BCUT2D eigenvalue weighted by atomic mass is 16.3. The zero-order chi connectivity index (χ0) is 14.7. The predicted octanol–water partition coefficient (Wildman–Crippen LogP) is -0.0723. The van der Waals surface area contributed by atoms with Crippen molar-refractivity contribution in [1.82, 2.24) is 30.3 Å². The fourth-order valence-electron chi connectivity index (χ4n) is 2.61. The molecule has 1 aliphatic heterocycles. The van der Waals surface area contributed by atoms with Crippen LogP contribution >= 0.6 is 0 Å². The molecule has 0 saturated heterocycles. The van der Waals surface area contributed by atoms with Crippen molar-refractivity contribution in [2.75, 3.05) is 6.54 Å². The average molecular weight is 290 g/mol. The van der Waals surface area contributed by atoms with Gasteiger partial charge < -0.3 is 10.0 Å². The van der Waals surface area contributed by atoms with E-state index in [9.17, 15) is 9.90 Å². The molecule has 3 heterocycles. The first-order chi connectivity index (χ1) is 10.3. The van der Waals surface area contributed by atoms with Crippen molar-refractivity contribution in [2.24, 2.45) is 0 Å². The van der Waals surface area contributed by atoms with E-state index in [-0.39, 0.29) is 12.5 Å². The molecule has 8 heteroatoms. The summed E-state index contributed by atoms with van der Waals surface area (Å²) in [7, 11) is 0. The Bertz CT molecular complexity index is 593. The van der Waals surface area contributed by atoms with E-state index in [1.54, 1.807) is 0 Å². The van der Waals surface area contributed by atoms with E-state index in [1.165, 1.54) is 6.33 Å². The summed E-state index contributed by atoms with van der Waals surface area (Å²) in [6.07, 6.45) is 4.19. The summed E-state index contributed by atoms with van der Waals surface area (Å²) in [6.45, 7) is 1.13. The van der Waals surface area contributed by atoms with Crippen LogP contribution in [0.4, 0.5) is 0 Å². The maximum absolute atomic E-state index is 12.2. The van der Waals surface area contributed by atoms with E-state index in [2.05, 4.69) is 25.4 Å². The number of aryl methyl sites for hydroxylation is 1. The van der Waals surface area contributed by atoms with E-state index < -0.39 is 0 Å². The molecule has 112 valence electrons. The van der Waals surface area contributed by atoms with Gasteiger partial charge in [0.1, 0.15) is 12.2 Å². The molecule has 0 bridgehead atoms. The topological polar surface area (TPSA) is 111 Å². The third-order valence-electron chi connectivity index (χ3n) is 3.79. The highest BCUT2D eigenvalue weighted by Crippen LogP contribution is 2.21. The first-order valence-corrected chi connectivity index (χ1v) is 7.06. The number of nitrogens with zero attached hydrogens (tertiary/aromatic N) is 4. The minimum atomic E-state index is -0.0979. The molecule has 8 nitrogen and oxygen atoms in total. The van der Waals surface area contributed by atoms with Gasteiger partial charge in [-0.05, 0) is 6.42 Å². The van der Waals surface area contributed by atoms with Crippen LogP contribution in [0.2, 0.25) is 0 Å². The van der Waals surface area contributed by atoms with Crippen LogP contribution in [0.5, 0.6) is 0 Å². The van der Waals surface area contributed by atoms with Crippen LogP contribution < -0.4 is 0 Å². The van der Waals surface area contributed by atoms with Gasteiger partial charge in [-0.3, -0.25) is 15.0 Å². The molecular formula is C13H18N6O2. The van der Waals surface area contributed by atoms with Crippen molar-refractivity contribution in [2.45, 2.75) is 38.8 Å². The summed E-state index contributed by atoms with van der Waals surface area (Å²) in [4.78, 5) is 18.1. The molecule has 3 rings (SSSR count). The van der Waals surface area contributed by atoms with E-state index in [4.69, 9.17) is 0 Å². The second kappa shape index (κ2) is 6.04. The number of aliphatic hydroxyl groups excluding tert-OH is 1. The van der Waals surface area contributed by atoms with E-state index in [0.717, 1.165) is 36.3 Å².